The number of nitrogens with zero attached hydrogens (tertiary/aromatic N) is 3. The molecule has 4 rings (SSSR count). The normalized spacial score (nSPS) is 18.0. The summed E-state index contributed by atoms with van der Waals surface area (Å²) in [5.74, 6) is 0.136. The van der Waals surface area contributed by atoms with Crippen molar-refractivity contribution >= 4 is 34.5 Å². The second-order valence-electron chi connectivity index (χ2n) is 9.01. The predicted octanol–water partition coefficient (Wildman–Crippen LogP) is 3.21. The van der Waals surface area contributed by atoms with Gasteiger partial charge in [-0.2, -0.15) is 0 Å². The van der Waals surface area contributed by atoms with Gasteiger partial charge in [-0.05, 0) is 50.3 Å². The van der Waals surface area contributed by atoms with E-state index < -0.39 is 0 Å². The molecule has 1 unspecified atom stereocenters. The lowest BCUT2D eigenvalue weighted by molar-refractivity contribution is -0.127. The van der Waals surface area contributed by atoms with Crippen LogP contribution >= 0.6 is 11.8 Å². The Morgan fingerprint density at radius 2 is 2.03 bits per heavy atom. The zero-order chi connectivity index (χ0) is 23.9. The standard InChI is InChI=1S/C25H34N4O4S/c1-2-3-4-13-29-24(32)20-10-9-18(23(31)26-16-19-8-7-14-33-19)15-21(20)27-25(29)34-17-22(30)28-11-5-6-12-28/h9-10,15,19H,2-8,11-14,16-17H2,1H3,(H,26,31). The fraction of sp³-hybridized carbons (Fsp3) is 0.600. The van der Waals surface area contributed by atoms with Crippen LogP contribution in [0.5, 0.6) is 0 Å². The number of aromatic nitrogens is 2. The Kier molecular flexibility index (Phi) is 8.61. The molecule has 0 radical (unpaired) electrons. The highest BCUT2D eigenvalue weighted by molar-refractivity contribution is 7.99. The van der Waals surface area contributed by atoms with Crippen LogP contribution in [0.1, 0.15) is 62.2 Å². The van der Waals surface area contributed by atoms with Gasteiger partial charge in [0.2, 0.25) is 5.91 Å². The fourth-order valence-electron chi connectivity index (χ4n) is 4.47. The summed E-state index contributed by atoms with van der Waals surface area (Å²) >= 11 is 1.31. The quantitative estimate of drug-likeness (QED) is 0.315. The number of hydrogen-bond acceptors (Lipinski definition) is 6. The summed E-state index contributed by atoms with van der Waals surface area (Å²) in [6.45, 7) is 5.52. The number of ether oxygens (including phenoxy) is 1. The molecule has 1 aromatic carbocycles. The maximum atomic E-state index is 13.3. The van der Waals surface area contributed by atoms with Gasteiger partial charge in [0.15, 0.2) is 5.16 Å². The number of likely N-dealkylation sites (tertiary alicyclic amines) is 1. The molecule has 2 aliphatic heterocycles. The van der Waals surface area contributed by atoms with E-state index >= 15 is 0 Å². The molecule has 0 aliphatic carbocycles. The third-order valence-corrected chi connectivity index (χ3v) is 7.43. The number of benzene rings is 1. The second kappa shape index (κ2) is 11.8. The number of fused-ring (bicyclic) bond motifs is 1. The number of carbonyl (C=O) groups is 2. The molecule has 0 saturated carbocycles. The Labute approximate surface area is 204 Å². The first-order valence-corrected chi connectivity index (χ1v) is 13.4. The van der Waals surface area contributed by atoms with Gasteiger partial charge in [0, 0.05) is 38.3 Å². The van der Waals surface area contributed by atoms with Crippen molar-refractivity contribution in [3.05, 3.63) is 34.1 Å². The van der Waals surface area contributed by atoms with Crippen molar-refractivity contribution in [1.82, 2.24) is 19.8 Å². The second-order valence-corrected chi connectivity index (χ2v) is 9.95. The molecule has 1 N–H and O–H groups in total. The van der Waals surface area contributed by atoms with Crippen LogP contribution in [0, 0.1) is 0 Å². The van der Waals surface area contributed by atoms with Crippen molar-refractivity contribution in [2.45, 2.75) is 69.7 Å². The van der Waals surface area contributed by atoms with Crippen LogP contribution in [0.3, 0.4) is 0 Å². The van der Waals surface area contributed by atoms with E-state index in [2.05, 4.69) is 12.2 Å². The number of amides is 2. The number of nitrogens with one attached hydrogen (secondary N) is 1. The Balaban J connectivity index is 1.56. The molecule has 0 bridgehead atoms. The number of hydrogen-bond donors (Lipinski definition) is 1. The molecule has 1 aromatic heterocycles. The van der Waals surface area contributed by atoms with E-state index in [1.54, 1.807) is 22.8 Å². The monoisotopic (exact) mass is 486 g/mol. The fourth-order valence-corrected chi connectivity index (χ4v) is 5.40. The Bertz CT molecular complexity index is 1070. The van der Waals surface area contributed by atoms with Crippen molar-refractivity contribution < 1.29 is 14.3 Å². The molecule has 2 saturated heterocycles. The third kappa shape index (κ3) is 5.99. The summed E-state index contributed by atoms with van der Waals surface area (Å²) < 4.78 is 7.26. The van der Waals surface area contributed by atoms with Crippen LogP contribution in [0.4, 0.5) is 0 Å². The summed E-state index contributed by atoms with van der Waals surface area (Å²) in [6, 6.07) is 5.03. The molecular weight excluding hydrogens is 452 g/mol. The number of rotatable bonds is 10. The molecule has 1 atom stereocenters. The van der Waals surface area contributed by atoms with Gasteiger partial charge >= 0.3 is 0 Å². The number of unbranched alkanes of at least 4 members (excludes halogenated alkanes) is 2. The molecule has 2 fully saturated rings. The minimum absolute atomic E-state index is 0.0639. The van der Waals surface area contributed by atoms with Gasteiger partial charge in [0.1, 0.15) is 0 Å². The smallest absolute Gasteiger partial charge is 0.262 e. The maximum absolute atomic E-state index is 13.3. The predicted molar refractivity (Wildman–Crippen MR) is 133 cm³/mol. The Hall–Kier alpha value is -2.39. The molecule has 2 aliphatic rings. The van der Waals surface area contributed by atoms with Gasteiger partial charge in [0.05, 0.1) is 22.8 Å². The SMILES string of the molecule is CCCCCn1c(SCC(=O)N2CCCC2)nc2cc(C(=O)NCC3CCCO3)ccc2c1=O. The molecule has 34 heavy (non-hydrogen) atoms. The zero-order valence-electron chi connectivity index (χ0n) is 19.9. The highest BCUT2D eigenvalue weighted by Crippen LogP contribution is 2.21. The number of thioether (sulfide) groups is 1. The van der Waals surface area contributed by atoms with Gasteiger partial charge in [-0.1, -0.05) is 31.5 Å². The van der Waals surface area contributed by atoms with Crippen LogP contribution in [0.15, 0.2) is 28.2 Å². The van der Waals surface area contributed by atoms with E-state index in [0.29, 0.717) is 34.7 Å². The summed E-state index contributed by atoms with van der Waals surface area (Å²) in [5, 5.41) is 3.95. The molecule has 9 heteroatoms. The lowest BCUT2D eigenvalue weighted by atomic mass is 10.1. The largest absolute Gasteiger partial charge is 0.376 e. The van der Waals surface area contributed by atoms with E-state index in [0.717, 1.165) is 64.6 Å². The summed E-state index contributed by atoms with van der Waals surface area (Å²) in [7, 11) is 0. The molecule has 0 spiro atoms. The van der Waals surface area contributed by atoms with Crippen molar-refractivity contribution in [3.8, 4) is 0 Å². The average molecular weight is 487 g/mol. The van der Waals surface area contributed by atoms with E-state index in [1.807, 2.05) is 4.90 Å². The minimum Gasteiger partial charge on any atom is -0.376 e. The lowest BCUT2D eigenvalue weighted by Gasteiger charge is -2.17. The Morgan fingerprint density at radius 3 is 2.76 bits per heavy atom. The highest BCUT2D eigenvalue weighted by atomic mass is 32.2. The topological polar surface area (TPSA) is 93.5 Å². The van der Waals surface area contributed by atoms with Crippen LogP contribution in [-0.4, -0.2) is 64.4 Å². The molecule has 2 aromatic rings. The van der Waals surface area contributed by atoms with Gasteiger partial charge in [0.25, 0.3) is 11.5 Å². The van der Waals surface area contributed by atoms with Gasteiger partial charge in [-0.3, -0.25) is 19.0 Å². The first-order chi connectivity index (χ1) is 16.6. The molecule has 3 heterocycles. The molecule has 8 nitrogen and oxygen atoms in total. The van der Waals surface area contributed by atoms with Gasteiger partial charge in [-0.15, -0.1) is 0 Å². The first-order valence-electron chi connectivity index (χ1n) is 12.4. The highest BCUT2D eigenvalue weighted by Gasteiger charge is 2.21. The maximum Gasteiger partial charge on any atom is 0.262 e. The van der Waals surface area contributed by atoms with Crippen LogP contribution in [-0.2, 0) is 16.1 Å². The Morgan fingerprint density at radius 1 is 1.21 bits per heavy atom. The minimum atomic E-state index is -0.204. The van der Waals surface area contributed by atoms with Gasteiger partial charge in [-0.25, -0.2) is 4.98 Å². The van der Waals surface area contributed by atoms with Crippen LogP contribution in [0.2, 0.25) is 0 Å². The third-order valence-electron chi connectivity index (χ3n) is 6.47. The molecule has 2 amide bonds. The first kappa shape index (κ1) is 24.7. The van der Waals surface area contributed by atoms with E-state index in [4.69, 9.17) is 9.72 Å². The molecular formula is C25H34N4O4S. The van der Waals surface area contributed by atoms with Crippen molar-refractivity contribution in [2.24, 2.45) is 0 Å². The summed E-state index contributed by atoms with van der Waals surface area (Å²) in [5.41, 5.74) is 0.825. The molecule has 184 valence electrons. The lowest BCUT2D eigenvalue weighted by Crippen LogP contribution is -2.32. The van der Waals surface area contributed by atoms with Crippen molar-refractivity contribution in [3.63, 3.8) is 0 Å². The summed E-state index contributed by atoms with van der Waals surface area (Å²) in [6.07, 6.45) is 7.07. The average Bonchev–Trinajstić information content (AvgIpc) is 3.57. The van der Waals surface area contributed by atoms with E-state index in [1.165, 1.54) is 11.8 Å². The van der Waals surface area contributed by atoms with E-state index in [9.17, 15) is 14.4 Å². The zero-order valence-corrected chi connectivity index (χ0v) is 20.7. The van der Waals surface area contributed by atoms with Gasteiger partial charge < -0.3 is 15.0 Å². The number of carbonyl (C=O) groups excluding carboxylic acids is 2. The van der Waals surface area contributed by atoms with Crippen molar-refractivity contribution in [2.75, 3.05) is 32.0 Å². The van der Waals surface area contributed by atoms with Crippen LogP contribution < -0.4 is 10.9 Å². The van der Waals surface area contributed by atoms with Crippen molar-refractivity contribution in [1.29, 1.82) is 0 Å². The van der Waals surface area contributed by atoms with Crippen LogP contribution in [0.25, 0.3) is 10.9 Å². The van der Waals surface area contributed by atoms with E-state index in [-0.39, 0.29) is 29.2 Å². The summed E-state index contributed by atoms with van der Waals surface area (Å²) in [4.78, 5) is 45.2.